The van der Waals surface area contributed by atoms with Crippen LogP contribution in [0.25, 0.3) is 0 Å². The number of halogens is 1. The fourth-order valence-corrected chi connectivity index (χ4v) is 1.91. The molecule has 0 spiro atoms. The smallest absolute Gasteiger partial charge is 0.339 e. The predicted molar refractivity (Wildman–Crippen MR) is 75.4 cm³/mol. The van der Waals surface area contributed by atoms with Gasteiger partial charge < -0.3 is 14.6 Å². The zero-order valence-corrected chi connectivity index (χ0v) is 11.7. The van der Waals surface area contributed by atoms with Crippen molar-refractivity contribution in [3.63, 3.8) is 0 Å². The Kier molecular flexibility index (Phi) is 4.42. The standard InChI is InChI=1S/C16H15FO4/c1-10-4-3-5-14(15(10)17)21-9-11-6-7-13(20-2)12(8-11)16(18)19/h3-8H,9H2,1-2H3,(H,18,19). The lowest BCUT2D eigenvalue weighted by Crippen LogP contribution is -2.04. The van der Waals surface area contributed by atoms with Gasteiger partial charge in [-0.3, -0.25) is 0 Å². The van der Waals surface area contributed by atoms with Crippen LogP contribution < -0.4 is 9.47 Å². The largest absolute Gasteiger partial charge is 0.496 e. The van der Waals surface area contributed by atoms with Crippen molar-refractivity contribution in [3.05, 3.63) is 58.9 Å². The van der Waals surface area contributed by atoms with Gasteiger partial charge in [0, 0.05) is 0 Å². The second-order valence-corrected chi connectivity index (χ2v) is 4.52. The molecule has 5 heteroatoms. The maximum atomic E-state index is 13.8. The molecule has 0 aliphatic rings. The molecule has 0 unspecified atom stereocenters. The Morgan fingerprint density at radius 3 is 2.67 bits per heavy atom. The number of carbonyl (C=O) groups is 1. The van der Waals surface area contributed by atoms with E-state index in [1.165, 1.54) is 19.2 Å². The molecule has 2 aromatic rings. The minimum atomic E-state index is -1.09. The Bertz CT molecular complexity index is 667. The number of aryl methyl sites for hydroxylation is 1. The number of hydrogen-bond acceptors (Lipinski definition) is 3. The summed E-state index contributed by atoms with van der Waals surface area (Å²) in [4.78, 5) is 11.1. The SMILES string of the molecule is COc1ccc(COc2cccc(C)c2F)cc1C(=O)O. The highest BCUT2D eigenvalue weighted by Gasteiger charge is 2.12. The molecule has 0 saturated heterocycles. The Labute approximate surface area is 121 Å². The number of carboxylic acid groups (broad SMARTS) is 1. The molecule has 0 aromatic heterocycles. The van der Waals surface area contributed by atoms with E-state index in [-0.39, 0.29) is 23.7 Å². The van der Waals surface area contributed by atoms with Gasteiger partial charge >= 0.3 is 5.97 Å². The molecule has 0 fully saturated rings. The highest BCUT2D eigenvalue weighted by Crippen LogP contribution is 2.23. The van der Waals surface area contributed by atoms with Gasteiger partial charge in [0.2, 0.25) is 0 Å². The lowest BCUT2D eigenvalue weighted by atomic mass is 10.1. The van der Waals surface area contributed by atoms with E-state index in [0.29, 0.717) is 11.1 Å². The molecule has 0 aliphatic heterocycles. The summed E-state index contributed by atoms with van der Waals surface area (Å²) in [5, 5.41) is 9.11. The molecule has 0 radical (unpaired) electrons. The van der Waals surface area contributed by atoms with Crippen LogP contribution in [0.15, 0.2) is 36.4 Å². The van der Waals surface area contributed by atoms with Gasteiger partial charge in [-0.25, -0.2) is 9.18 Å². The van der Waals surface area contributed by atoms with Crippen LogP contribution in [0.3, 0.4) is 0 Å². The van der Waals surface area contributed by atoms with E-state index in [1.807, 2.05) is 0 Å². The summed E-state index contributed by atoms with van der Waals surface area (Å²) in [7, 11) is 1.40. The van der Waals surface area contributed by atoms with Crippen molar-refractivity contribution in [2.75, 3.05) is 7.11 Å². The van der Waals surface area contributed by atoms with Gasteiger partial charge in [0.25, 0.3) is 0 Å². The number of benzene rings is 2. The van der Waals surface area contributed by atoms with Crippen molar-refractivity contribution >= 4 is 5.97 Å². The van der Waals surface area contributed by atoms with Crippen molar-refractivity contribution in [2.45, 2.75) is 13.5 Å². The molecule has 0 aliphatic carbocycles. The van der Waals surface area contributed by atoms with Crippen molar-refractivity contribution in [2.24, 2.45) is 0 Å². The second-order valence-electron chi connectivity index (χ2n) is 4.52. The van der Waals surface area contributed by atoms with E-state index in [1.54, 1.807) is 31.2 Å². The highest BCUT2D eigenvalue weighted by atomic mass is 19.1. The molecule has 0 saturated carbocycles. The number of rotatable bonds is 5. The van der Waals surface area contributed by atoms with E-state index in [0.717, 1.165) is 0 Å². The minimum Gasteiger partial charge on any atom is -0.496 e. The summed E-state index contributed by atoms with van der Waals surface area (Å²) >= 11 is 0. The first kappa shape index (κ1) is 14.8. The van der Waals surface area contributed by atoms with Gasteiger partial charge in [0.15, 0.2) is 11.6 Å². The van der Waals surface area contributed by atoms with E-state index in [9.17, 15) is 9.18 Å². The maximum Gasteiger partial charge on any atom is 0.339 e. The third kappa shape index (κ3) is 3.31. The zero-order chi connectivity index (χ0) is 15.4. The fourth-order valence-electron chi connectivity index (χ4n) is 1.91. The lowest BCUT2D eigenvalue weighted by Gasteiger charge is -2.10. The first-order valence-corrected chi connectivity index (χ1v) is 6.31. The number of aromatic carboxylic acids is 1. The fraction of sp³-hybridized carbons (Fsp3) is 0.188. The van der Waals surface area contributed by atoms with Crippen molar-refractivity contribution in [1.29, 1.82) is 0 Å². The number of ether oxygens (including phenoxy) is 2. The van der Waals surface area contributed by atoms with Crippen LogP contribution >= 0.6 is 0 Å². The van der Waals surface area contributed by atoms with E-state index in [4.69, 9.17) is 14.6 Å². The highest BCUT2D eigenvalue weighted by molar-refractivity contribution is 5.91. The predicted octanol–water partition coefficient (Wildman–Crippen LogP) is 3.42. The summed E-state index contributed by atoms with van der Waals surface area (Å²) in [6.07, 6.45) is 0. The van der Waals surface area contributed by atoms with Gasteiger partial charge in [0.05, 0.1) is 7.11 Å². The van der Waals surface area contributed by atoms with E-state index in [2.05, 4.69) is 0 Å². The average Bonchev–Trinajstić information content (AvgIpc) is 2.48. The molecule has 0 atom stereocenters. The molecule has 0 amide bonds. The third-order valence-corrected chi connectivity index (χ3v) is 3.05. The van der Waals surface area contributed by atoms with Crippen molar-refractivity contribution in [3.8, 4) is 11.5 Å². The van der Waals surface area contributed by atoms with Gasteiger partial charge in [-0.05, 0) is 36.2 Å². The first-order chi connectivity index (χ1) is 10.0. The monoisotopic (exact) mass is 290 g/mol. The normalized spacial score (nSPS) is 10.2. The maximum absolute atomic E-state index is 13.8. The zero-order valence-electron chi connectivity index (χ0n) is 11.7. The van der Waals surface area contributed by atoms with Gasteiger partial charge in [-0.2, -0.15) is 0 Å². The van der Waals surface area contributed by atoms with Crippen LogP contribution in [0.4, 0.5) is 4.39 Å². The van der Waals surface area contributed by atoms with Crippen LogP contribution in [0.5, 0.6) is 11.5 Å². The van der Waals surface area contributed by atoms with Crippen LogP contribution in [0.1, 0.15) is 21.5 Å². The second kappa shape index (κ2) is 6.26. The molecule has 2 aromatic carbocycles. The minimum absolute atomic E-state index is 0.0447. The Balaban J connectivity index is 2.19. The van der Waals surface area contributed by atoms with Crippen molar-refractivity contribution < 1.29 is 23.8 Å². The summed E-state index contributed by atoms with van der Waals surface area (Å²) in [5.74, 6) is -1.09. The van der Waals surface area contributed by atoms with Gasteiger partial charge in [-0.15, -0.1) is 0 Å². The Hall–Kier alpha value is -2.56. The Morgan fingerprint density at radius 2 is 2.00 bits per heavy atom. The van der Waals surface area contributed by atoms with Crippen molar-refractivity contribution in [1.82, 2.24) is 0 Å². The molecular weight excluding hydrogens is 275 g/mol. The van der Waals surface area contributed by atoms with E-state index >= 15 is 0 Å². The summed E-state index contributed by atoms with van der Waals surface area (Å²) in [6.45, 7) is 1.72. The molecule has 0 heterocycles. The topological polar surface area (TPSA) is 55.8 Å². The summed E-state index contributed by atoms with van der Waals surface area (Å²) in [6, 6.07) is 9.56. The molecule has 110 valence electrons. The molecular formula is C16H15FO4. The van der Waals surface area contributed by atoms with Crippen LogP contribution in [0.2, 0.25) is 0 Å². The third-order valence-electron chi connectivity index (χ3n) is 3.05. The van der Waals surface area contributed by atoms with E-state index < -0.39 is 11.8 Å². The Morgan fingerprint density at radius 1 is 1.24 bits per heavy atom. The molecule has 0 bridgehead atoms. The summed E-state index contributed by atoms with van der Waals surface area (Å²) in [5.41, 5.74) is 1.16. The first-order valence-electron chi connectivity index (χ1n) is 6.31. The number of carboxylic acids is 1. The number of methoxy groups -OCH3 is 1. The van der Waals surface area contributed by atoms with Crippen LogP contribution in [-0.4, -0.2) is 18.2 Å². The average molecular weight is 290 g/mol. The van der Waals surface area contributed by atoms with Gasteiger partial charge in [-0.1, -0.05) is 18.2 Å². The molecule has 21 heavy (non-hydrogen) atoms. The molecule has 4 nitrogen and oxygen atoms in total. The quantitative estimate of drug-likeness (QED) is 0.916. The van der Waals surface area contributed by atoms with Crippen LogP contribution in [0, 0.1) is 12.7 Å². The summed E-state index contributed by atoms with van der Waals surface area (Å²) < 4.78 is 24.2. The lowest BCUT2D eigenvalue weighted by molar-refractivity contribution is 0.0693. The van der Waals surface area contributed by atoms with Gasteiger partial charge in [0.1, 0.15) is 17.9 Å². The molecule has 1 N–H and O–H groups in total. The number of hydrogen-bond donors (Lipinski definition) is 1. The molecule has 2 rings (SSSR count). The van der Waals surface area contributed by atoms with Crippen LogP contribution in [-0.2, 0) is 6.61 Å².